The Bertz CT molecular complexity index is 474. The molecule has 0 saturated carbocycles. The summed E-state index contributed by atoms with van der Waals surface area (Å²) in [6.07, 6.45) is 3.07. The first-order valence-corrected chi connectivity index (χ1v) is 5.90. The van der Waals surface area contributed by atoms with Crippen LogP contribution in [0.4, 0.5) is 5.82 Å². The van der Waals surface area contributed by atoms with Crippen LogP contribution in [-0.4, -0.2) is 32.5 Å². The van der Waals surface area contributed by atoms with Gasteiger partial charge in [0.1, 0.15) is 12.0 Å². The summed E-state index contributed by atoms with van der Waals surface area (Å²) in [5, 5.41) is 17.9. The van der Waals surface area contributed by atoms with E-state index in [2.05, 4.69) is 4.98 Å². The van der Waals surface area contributed by atoms with E-state index in [9.17, 15) is 4.79 Å². The van der Waals surface area contributed by atoms with Crippen molar-refractivity contribution in [3.8, 4) is 0 Å². The van der Waals surface area contributed by atoms with Gasteiger partial charge in [-0.3, -0.25) is 4.57 Å². The van der Waals surface area contributed by atoms with Crippen LogP contribution in [-0.2, 0) is 11.3 Å². The quantitative estimate of drug-likeness (QED) is 0.661. The number of hydrogen-bond donors (Lipinski definition) is 3. The van der Waals surface area contributed by atoms with E-state index in [0.717, 1.165) is 6.42 Å². The van der Waals surface area contributed by atoms with Gasteiger partial charge in [0, 0.05) is 18.4 Å². The summed E-state index contributed by atoms with van der Waals surface area (Å²) in [5.74, 6) is 0.0451. The minimum absolute atomic E-state index is 0.0398. The standard InChI is InChI=1S/C11H17N3O4/c12-10-7(6-16)5-14(11(17)13-10)9-2-1-8(18-9)3-4-15/h5,8-9,15-16H,1-4,6H2,(H2,12,13,17). The van der Waals surface area contributed by atoms with Crippen LogP contribution in [0.3, 0.4) is 0 Å². The molecule has 1 saturated heterocycles. The van der Waals surface area contributed by atoms with Crippen LogP contribution in [0.15, 0.2) is 11.0 Å². The van der Waals surface area contributed by atoms with Gasteiger partial charge in [-0.2, -0.15) is 4.98 Å². The third kappa shape index (κ3) is 2.53. The molecule has 7 nitrogen and oxygen atoms in total. The Kier molecular flexibility index (Phi) is 3.95. The van der Waals surface area contributed by atoms with Crippen molar-refractivity contribution >= 4 is 5.82 Å². The van der Waals surface area contributed by atoms with E-state index >= 15 is 0 Å². The van der Waals surface area contributed by atoms with Crippen LogP contribution in [0.2, 0.25) is 0 Å². The highest BCUT2D eigenvalue weighted by Crippen LogP contribution is 2.28. The Balaban J connectivity index is 2.21. The van der Waals surface area contributed by atoms with Crippen molar-refractivity contribution in [1.29, 1.82) is 0 Å². The Morgan fingerprint density at radius 3 is 2.94 bits per heavy atom. The Hall–Kier alpha value is -1.44. The number of aromatic nitrogens is 2. The van der Waals surface area contributed by atoms with Gasteiger partial charge in [0.05, 0.1) is 12.7 Å². The molecule has 7 heteroatoms. The first-order chi connectivity index (χ1) is 8.65. The van der Waals surface area contributed by atoms with Crippen molar-refractivity contribution < 1.29 is 14.9 Å². The summed E-state index contributed by atoms with van der Waals surface area (Å²) in [5.41, 5.74) is 5.44. The highest BCUT2D eigenvalue weighted by molar-refractivity contribution is 5.36. The number of nitrogen functional groups attached to an aromatic ring is 1. The molecule has 4 N–H and O–H groups in total. The number of nitrogens with zero attached hydrogens (tertiary/aromatic N) is 2. The van der Waals surface area contributed by atoms with Gasteiger partial charge < -0.3 is 20.7 Å². The largest absolute Gasteiger partial charge is 0.396 e. The predicted molar refractivity (Wildman–Crippen MR) is 63.7 cm³/mol. The molecule has 0 aromatic carbocycles. The van der Waals surface area contributed by atoms with E-state index in [4.69, 9.17) is 20.7 Å². The zero-order chi connectivity index (χ0) is 13.1. The van der Waals surface area contributed by atoms with Gasteiger partial charge in [0.2, 0.25) is 0 Å². The van der Waals surface area contributed by atoms with Gasteiger partial charge in [-0.1, -0.05) is 0 Å². The van der Waals surface area contributed by atoms with Crippen molar-refractivity contribution in [3.63, 3.8) is 0 Å². The minimum atomic E-state index is -0.487. The fraction of sp³-hybridized carbons (Fsp3) is 0.636. The molecule has 2 rings (SSSR count). The van der Waals surface area contributed by atoms with Gasteiger partial charge in [-0.15, -0.1) is 0 Å². The Labute approximate surface area is 104 Å². The van der Waals surface area contributed by atoms with E-state index in [0.29, 0.717) is 18.4 Å². The van der Waals surface area contributed by atoms with Gasteiger partial charge in [0.15, 0.2) is 0 Å². The van der Waals surface area contributed by atoms with Crippen LogP contribution in [0.1, 0.15) is 31.1 Å². The smallest absolute Gasteiger partial charge is 0.351 e. The van der Waals surface area contributed by atoms with Crippen molar-refractivity contribution in [3.05, 3.63) is 22.2 Å². The highest BCUT2D eigenvalue weighted by Gasteiger charge is 2.27. The van der Waals surface area contributed by atoms with Crippen LogP contribution >= 0.6 is 0 Å². The van der Waals surface area contributed by atoms with Crippen molar-refractivity contribution in [1.82, 2.24) is 9.55 Å². The maximum Gasteiger partial charge on any atom is 0.351 e. The number of aliphatic hydroxyl groups excluding tert-OH is 2. The van der Waals surface area contributed by atoms with Gasteiger partial charge in [0.25, 0.3) is 0 Å². The zero-order valence-electron chi connectivity index (χ0n) is 9.95. The number of rotatable bonds is 4. The van der Waals surface area contributed by atoms with Gasteiger partial charge >= 0.3 is 5.69 Å². The molecule has 2 unspecified atom stereocenters. The van der Waals surface area contributed by atoms with Crippen molar-refractivity contribution in [2.24, 2.45) is 0 Å². The molecule has 2 heterocycles. The number of nitrogens with two attached hydrogens (primary N) is 1. The molecule has 1 aliphatic heterocycles. The first kappa shape index (κ1) is 13.0. The van der Waals surface area contributed by atoms with E-state index in [-0.39, 0.29) is 25.1 Å². The number of anilines is 1. The molecule has 0 amide bonds. The van der Waals surface area contributed by atoms with Crippen LogP contribution in [0.5, 0.6) is 0 Å². The second kappa shape index (κ2) is 5.47. The second-order valence-corrected chi connectivity index (χ2v) is 4.30. The Morgan fingerprint density at radius 1 is 1.50 bits per heavy atom. The molecular weight excluding hydrogens is 238 g/mol. The lowest BCUT2D eigenvalue weighted by atomic mass is 10.2. The van der Waals surface area contributed by atoms with E-state index in [1.54, 1.807) is 0 Å². The average molecular weight is 255 g/mol. The normalized spacial score (nSPS) is 23.4. The summed E-state index contributed by atoms with van der Waals surface area (Å²) >= 11 is 0. The molecule has 2 atom stereocenters. The third-order valence-corrected chi connectivity index (χ3v) is 3.08. The monoisotopic (exact) mass is 255 g/mol. The number of aliphatic hydroxyl groups is 2. The molecule has 1 aliphatic rings. The molecule has 0 bridgehead atoms. The van der Waals surface area contributed by atoms with E-state index in [1.165, 1.54) is 10.8 Å². The van der Waals surface area contributed by atoms with Crippen molar-refractivity contribution in [2.75, 3.05) is 12.3 Å². The predicted octanol–water partition coefficient (Wildman–Crippen LogP) is -0.622. The van der Waals surface area contributed by atoms with Crippen LogP contribution < -0.4 is 11.4 Å². The topological polar surface area (TPSA) is 111 Å². The van der Waals surface area contributed by atoms with Crippen LogP contribution in [0.25, 0.3) is 0 Å². The summed E-state index contributed by atoms with van der Waals surface area (Å²) < 4.78 is 7.00. The molecule has 18 heavy (non-hydrogen) atoms. The van der Waals surface area contributed by atoms with E-state index in [1.807, 2.05) is 0 Å². The summed E-state index contributed by atoms with van der Waals surface area (Å²) in [7, 11) is 0. The lowest BCUT2D eigenvalue weighted by Crippen LogP contribution is -2.28. The second-order valence-electron chi connectivity index (χ2n) is 4.30. The zero-order valence-corrected chi connectivity index (χ0v) is 9.95. The van der Waals surface area contributed by atoms with Crippen molar-refractivity contribution in [2.45, 2.75) is 38.2 Å². The molecule has 1 aromatic rings. The molecule has 0 aliphatic carbocycles. The fourth-order valence-corrected chi connectivity index (χ4v) is 2.10. The molecular formula is C11H17N3O4. The summed E-state index contributed by atoms with van der Waals surface area (Å²) in [6.45, 7) is -0.208. The maximum absolute atomic E-state index is 11.7. The average Bonchev–Trinajstić information content (AvgIpc) is 2.78. The van der Waals surface area contributed by atoms with Gasteiger partial charge in [-0.25, -0.2) is 4.79 Å². The lowest BCUT2D eigenvalue weighted by Gasteiger charge is -2.16. The molecule has 0 radical (unpaired) electrons. The molecule has 1 aromatic heterocycles. The fourth-order valence-electron chi connectivity index (χ4n) is 2.10. The Morgan fingerprint density at radius 2 is 2.28 bits per heavy atom. The summed E-state index contributed by atoms with van der Waals surface area (Å²) in [4.78, 5) is 15.4. The SMILES string of the molecule is Nc1nc(=O)n(C2CCC(CCO)O2)cc1CO. The number of hydrogen-bond acceptors (Lipinski definition) is 6. The van der Waals surface area contributed by atoms with Crippen LogP contribution in [0, 0.1) is 0 Å². The molecule has 0 spiro atoms. The number of ether oxygens (including phenoxy) is 1. The minimum Gasteiger partial charge on any atom is -0.396 e. The molecule has 1 fully saturated rings. The molecule has 100 valence electrons. The first-order valence-electron chi connectivity index (χ1n) is 5.90. The van der Waals surface area contributed by atoms with E-state index < -0.39 is 11.9 Å². The lowest BCUT2D eigenvalue weighted by molar-refractivity contribution is -0.0104. The third-order valence-electron chi connectivity index (χ3n) is 3.08. The highest BCUT2D eigenvalue weighted by atomic mass is 16.5. The summed E-state index contributed by atoms with van der Waals surface area (Å²) in [6, 6.07) is 0. The van der Waals surface area contributed by atoms with Gasteiger partial charge in [-0.05, 0) is 19.3 Å². The maximum atomic E-state index is 11.7.